The van der Waals surface area contributed by atoms with Crippen molar-refractivity contribution in [1.82, 2.24) is 0 Å². The topological polar surface area (TPSA) is 34.1 Å². The average molecular weight is 164 g/mol. The quantitative estimate of drug-likeness (QED) is 0.468. The van der Waals surface area contributed by atoms with Crippen molar-refractivity contribution in [2.45, 2.75) is 19.3 Å². The van der Waals surface area contributed by atoms with Gasteiger partial charge in [0.15, 0.2) is 11.6 Å². The lowest BCUT2D eigenvalue weighted by Gasteiger charge is -2.36. The largest absolute Gasteiger partial charge is 0.298 e. The van der Waals surface area contributed by atoms with E-state index in [9.17, 15) is 9.59 Å². The van der Waals surface area contributed by atoms with Crippen LogP contribution in [0.5, 0.6) is 0 Å². The maximum atomic E-state index is 11.2. The summed E-state index contributed by atoms with van der Waals surface area (Å²) in [4.78, 5) is 22.5. The third kappa shape index (κ3) is 1.04. The molecule has 0 atom stereocenters. The Bertz CT molecular complexity index is 225. The van der Waals surface area contributed by atoms with E-state index in [1.165, 1.54) is 0 Å². The minimum atomic E-state index is -0.774. The third-order valence-electron chi connectivity index (χ3n) is 2.37. The van der Waals surface area contributed by atoms with Crippen molar-refractivity contribution in [3.63, 3.8) is 0 Å². The third-order valence-corrected chi connectivity index (χ3v) is 2.37. The zero-order valence-electron chi connectivity index (χ0n) is 7.01. The second-order valence-corrected chi connectivity index (χ2v) is 3.09. The minimum Gasteiger partial charge on any atom is -0.298 e. The SMILES string of the molecule is C=CCC1(CC=C)C(=O)CC1=O. The molecule has 0 aliphatic heterocycles. The van der Waals surface area contributed by atoms with E-state index in [0.717, 1.165) is 0 Å². The van der Waals surface area contributed by atoms with Gasteiger partial charge in [0.05, 0.1) is 11.8 Å². The zero-order chi connectivity index (χ0) is 9.19. The number of hydrogen-bond acceptors (Lipinski definition) is 2. The first-order valence-corrected chi connectivity index (χ1v) is 3.96. The predicted octanol–water partition coefficient (Wildman–Crippen LogP) is 1.67. The number of carbonyl (C=O) groups is 2. The molecule has 1 rings (SSSR count). The summed E-state index contributed by atoms with van der Waals surface area (Å²) in [6.07, 6.45) is 4.26. The summed E-state index contributed by atoms with van der Waals surface area (Å²) in [5.41, 5.74) is -0.774. The van der Waals surface area contributed by atoms with Crippen molar-refractivity contribution < 1.29 is 9.59 Å². The van der Waals surface area contributed by atoms with Crippen LogP contribution in [0.2, 0.25) is 0 Å². The number of carbonyl (C=O) groups excluding carboxylic acids is 2. The van der Waals surface area contributed by atoms with E-state index in [4.69, 9.17) is 0 Å². The van der Waals surface area contributed by atoms with Gasteiger partial charge in [-0.25, -0.2) is 0 Å². The Balaban J connectivity index is 2.84. The molecule has 0 unspecified atom stereocenters. The summed E-state index contributed by atoms with van der Waals surface area (Å²) in [5, 5.41) is 0. The Labute approximate surface area is 72.0 Å². The van der Waals surface area contributed by atoms with E-state index >= 15 is 0 Å². The van der Waals surface area contributed by atoms with Crippen molar-refractivity contribution in [3.05, 3.63) is 25.3 Å². The molecule has 0 aromatic heterocycles. The summed E-state index contributed by atoms with van der Waals surface area (Å²) in [5.74, 6) is 0.0691. The Kier molecular flexibility index (Phi) is 2.27. The molecule has 1 aliphatic rings. The van der Waals surface area contributed by atoms with Crippen LogP contribution in [-0.2, 0) is 9.59 Å². The molecule has 0 amide bonds. The van der Waals surface area contributed by atoms with Gasteiger partial charge >= 0.3 is 0 Å². The van der Waals surface area contributed by atoms with E-state index in [1.807, 2.05) is 0 Å². The van der Waals surface area contributed by atoms with Gasteiger partial charge in [-0.2, -0.15) is 0 Å². The van der Waals surface area contributed by atoms with Gasteiger partial charge in [0.1, 0.15) is 0 Å². The molecule has 64 valence electrons. The van der Waals surface area contributed by atoms with Crippen LogP contribution in [0.4, 0.5) is 0 Å². The molecular formula is C10H12O2. The molecule has 0 heterocycles. The van der Waals surface area contributed by atoms with E-state index in [2.05, 4.69) is 13.2 Å². The van der Waals surface area contributed by atoms with Crippen LogP contribution in [0.15, 0.2) is 25.3 Å². The van der Waals surface area contributed by atoms with Crippen molar-refractivity contribution in [1.29, 1.82) is 0 Å². The maximum Gasteiger partial charge on any atom is 0.154 e. The average Bonchev–Trinajstić information content (AvgIpc) is 2.04. The fraction of sp³-hybridized carbons (Fsp3) is 0.400. The van der Waals surface area contributed by atoms with Gasteiger partial charge in [-0.05, 0) is 12.8 Å². The van der Waals surface area contributed by atoms with E-state index in [-0.39, 0.29) is 18.0 Å². The minimum absolute atomic E-state index is 0.0345. The zero-order valence-corrected chi connectivity index (χ0v) is 7.01. The van der Waals surface area contributed by atoms with Crippen LogP contribution >= 0.6 is 0 Å². The summed E-state index contributed by atoms with van der Waals surface area (Å²) in [7, 11) is 0. The fourth-order valence-electron chi connectivity index (χ4n) is 1.56. The van der Waals surface area contributed by atoms with Gasteiger partial charge in [-0.3, -0.25) is 9.59 Å². The fourth-order valence-corrected chi connectivity index (χ4v) is 1.56. The molecular weight excluding hydrogens is 152 g/mol. The smallest absolute Gasteiger partial charge is 0.154 e. The van der Waals surface area contributed by atoms with Gasteiger partial charge in [-0.15, -0.1) is 13.2 Å². The van der Waals surface area contributed by atoms with Gasteiger partial charge in [0.2, 0.25) is 0 Å². The Hall–Kier alpha value is -1.18. The van der Waals surface area contributed by atoms with Crippen LogP contribution in [0.3, 0.4) is 0 Å². The summed E-state index contributed by atoms with van der Waals surface area (Å²) < 4.78 is 0. The lowest BCUT2D eigenvalue weighted by molar-refractivity contribution is -0.152. The van der Waals surface area contributed by atoms with E-state index in [1.54, 1.807) is 12.2 Å². The molecule has 2 nitrogen and oxygen atoms in total. The molecule has 1 saturated carbocycles. The molecule has 0 spiro atoms. The summed E-state index contributed by atoms with van der Waals surface area (Å²) in [6, 6.07) is 0. The van der Waals surface area contributed by atoms with Crippen molar-refractivity contribution in [2.24, 2.45) is 5.41 Å². The van der Waals surface area contributed by atoms with Crippen LogP contribution in [-0.4, -0.2) is 11.6 Å². The van der Waals surface area contributed by atoms with Crippen LogP contribution in [0, 0.1) is 5.41 Å². The number of hydrogen-bond donors (Lipinski definition) is 0. The molecule has 1 aliphatic carbocycles. The first-order chi connectivity index (χ1) is 5.67. The maximum absolute atomic E-state index is 11.2. The van der Waals surface area contributed by atoms with Gasteiger partial charge in [0.25, 0.3) is 0 Å². The second-order valence-electron chi connectivity index (χ2n) is 3.09. The van der Waals surface area contributed by atoms with Crippen molar-refractivity contribution in [3.8, 4) is 0 Å². The molecule has 0 N–H and O–H groups in total. The molecule has 0 aromatic carbocycles. The molecule has 12 heavy (non-hydrogen) atoms. The van der Waals surface area contributed by atoms with Crippen LogP contribution < -0.4 is 0 Å². The highest BCUT2D eigenvalue weighted by Gasteiger charge is 2.52. The van der Waals surface area contributed by atoms with Gasteiger partial charge in [0, 0.05) is 0 Å². The van der Waals surface area contributed by atoms with E-state index in [0.29, 0.717) is 12.8 Å². The molecule has 0 bridgehead atoms. The standard InChI is InChI=1S/C10H12O2/c1-3-5-10(6-4-2)8(11)7-9(10)12/h3-4H,1-2,5-7H2. The summed E-state index contributed by atoms with van der Waals surface area (Å²) >= 11 is 0. The number of allylic oxidation sites excluding steroid dienone is 2. The number of rotatable bonds is 4. The van der Waals surface area contributed by atoms with E-state index < -0.39 is 5.41 Å². The van der Waals surface area contributed by atoms with Crippen molar-refractivity contribution in [2.75, 3.05) is 0 Å². The molecule has 2 heteroatoms. The Morgan fingerprint density at radius 2 is 1.58 bits per heavy atom. The first-order valence-electron chi connectivity index (χ1n) is 3.96. The Morgan fingerprint density at radius 3 is 1.83 bits per heavy atom. The normalized spacial score (nSPS) is 20.0. The number of ketones is 2. The van der Waals surface area contributed by atoms with Crippen LogP contribution in [0.25, 0.3) is 0 Å². The molecule has 1 fully saturated rings. The predicted molar refractivity (Wildman–Crippen MR) is 46.7 cm³/mol. The monoisotopic (exact) mass is 164 g/mol. The van der Waals surface area contributed by atoms with Crippen molar-refractivity contribution >= 4 is 11.6 Å². The van der Waals surface area contributed by atoms with Gasteiger partial charge in [-0.1, -0.05) is 12.2 Å². The number of Topliss-reactive ketones (excluding diaryl/α,β-unsaturated/α-hetero) is 2. The first kappa shape index (κ1) is 8.91. The molecule has 0 radical (unpaired) electrons. The highest BCUT2D eigenvalue weighted by molar-refractivity contribution is 6.25. The lowest BCUT2D eigenvalue weighted by atomic mass is 9.62. The van der Waals surface area contributed by atoms with Gasteiger partial charge < -0.3 is 0 Å². The molecule has 0 aromatic rings. The highest BCUT2D eigenvalue weighted by atomic mass is 16.2. The highest BCUT2D eigenvalue weighted by Crippen LogP contribution is 2.40. The summed E-state index contributed by atoms with van der Waals surface area (Å²) in [6.45, 7) is 7.08. The second kappa shape index (κ2) is 3.05. The lowest BCUT2D eigenvalue weighted by Crippen LogP contribution is -2.50. The molecule has 0 saturated heterocycles. The van der Waals surface area contributed by atoms with Crippen LogP contribution in [0.1, 0.15) is 19.3 Å². The Morgan fingerprint density at radius 1 is 1.17 bits per heavy atom.